The topological polar surface area (TPSA) is 112 Å². The van der Waals surface area contributed by atoms with Gasteiger partial charge in [-0.05, 0) is 19.1 Å². The van der Waals surface area contributed by atoms with Gasteiger partial charge in [0.15, 0.2) is 0 Å². The van der Waals surface area contributed by atoms with E-state index >= 15 is 0 Å². The maximum absolute atomic E-state index is 12.2. The summed E-state index contributed by atoms with van der Waals surface area (Å²) in [5.41, 5.74) is 0.0970. The van der Waals surface area contributed by atoms with Crippen LogP contribution in [0, 0.1) is 11.3 Å². The van der Waals surface area contributed by atoms with Crippen molar-refractivity contribution in [2.45, 2.75) is 17.9 Å². The first-order valence-corrected chi connectivity index (χ1v) is 6.89. The standard InChI is InChI=1S/C11H11N5O2S/c1-8(11-13-7-14-15-11)16-19(17,18)10-5-3-2-4-9(10)6-12/h2-5,7-8,16H,1H3,(H,13,14,15). The van der Waals surface area contributed by atoms with Crippen molar-refractivity contribution in [2.75, 3.05) is 0 Å². The smallest absolute Gasteiger partial charge is 0.242 e. The molecule has 0 aliphatic heterocycles. The number of nitriles is 1. The summed E-state index contributed by atoms with van der Waals surface area (Å²) in [5, 5.41) is 15.2. The van der Waals surface area contributed by atoms with Gasteiger partial charge in [0, 0.05) is 0 Å². The van der Waals surface area contributed by atoms with Crippen LogP contribution in [0.3, 0.4) is 0 Å². The number of hydrogen-bond acceptors (Lipinski definition) is 5. The van der Waals surface area contributed by atoms with Crippen LogP contribution < -0.4 is 4.72 Å². The number of nitrogens with one attached hydrogen (secondary N) is 2. The third-order valence-corrected chi connectivity index (χ3v) is 4.07. The van der Waals surface area contributed by atoms with Gasteiger partial charge in [-0.25, -0.2) is 18.1 Å². The lowest BCUT2D eigenvalue weighted by molar-refractivity contribution is 0.560. The van der Waals surface area contributed by atoms with Crippen molar-refractivity contribution in [3.63, 3.8) is 0 Å². The zero-order chi connectivity index (χ0) is 13.9. The summed E-state index contributed by atoms with van der Waals surface area (Å²) in [6, 6.07) is 7.29. The summed E-state index contributed by atoms with van der Waals surface area (Å²) in [4.78, 5) is 3.83. The van der Waals surface area contributed by atoms with Gasteiger partial charge in [0.05, 0.1) is 16.5 Å². The minimum absolute atomic E-state index is 0.0520. The number of benzene rings is 1. The van der Waals surface area contributed by atoms with Gasteiger partial charge in [-0.2, -0.15) is 10.4 Å². The van der Waals surface area contributed by atoms with Crippen LogP contribution >= 0.6 is 0 Å². The second-order valence-electron chi connectivity index (χ2n) is 3.82. The maximum Gasteiger partial charge on any atom is 0.242 e. The van der Waals surface area contributed by atoms with Gasteiger partial charge < -0.3 is 0 Å². The van der Waals surface area contributed by atoms with Crippen molar-refractivity contribution in [3.05, 3.63) is 42.0 Å². The van der Waals surface area contributed by atoms with Crippen LogP contribution in [0.5, 0.6) is 0 Å². The monoisotopic (exact) mass is 277 g/mol. The molecule has 1 aromatic carbocycles. The van der Waals surface area contributed by atoms with Gasteiger partial charge in [-0.1, -0.05) is 12.1 Å². The first kappa shape index (κ1) is 13.2. The molecule has 2 rings (SSSR count). The van der Waals surface area contributed by atoms with Crippen molar-refractivity contribution >= 4 is 10.0 Å². The van der Waals surface area contributed by atoms with E-state index in [9.17, 15) is 8.42 Å². The second kappa shape index (κ2) is 5.17. The molecule has 1 atom stereocenters. The van der Waals surface area contributed by atoms with Crippen molar-refractivity contribution in [1.29, 1.82) is 5.26 Å². The summed E-state index contributed by atoms with van der Waals surface area (Å²) in [6.07, 6.45) is 1.29. The molecule has 0 aliphatic carbocycles. The highest BCUT2D eigenvalue weighted by atomic mass is 32.2. The van der Waals surface area contributed by atoms with E-state index < -0.39 is 16.1 Å². The minimum Gasteiger partial charge on any atom is -0.262 e. The molecule has 0 amide bonds. The zero-order valence-corrected chi connectivity index (χ0v) is 10.8. The molecule has 1 aromatic heterocycles. The van der Waals surface area contributed by atoms with E-state index in [2.05, 4.69) is 19.9 Å². The summed E-state index contributed by atoms with van der Waals surface area (Å²) < 4.78 is 26.8. The van der Waals surface area contributed by atoms with E-state index in [0.29, 0.717) is 5.82 Å². The highest BCUT2D eigenvalue weighted by Gasteiger charge is 2.22. The third kappa shape index (κ3) is 2.78. The van der Waals surface area contributed by atoms with E-state index in [0.717, 1.165) is 0 Å². The first-order valence-electron chi connectivity index (χ1n) is 5.41. The Morgan fingerprint density at radius 3 is 2.79 bits per heavy atom. The van der Waals surface area contributed by atoms with Crippen molar-refractivity contribution in [3.8, 4) is 6.07 Å². The molecule has 1 unspecified atom stereocenters. The molecule has 0 bridgehead atoms. The van der Waals surface area contributed by atoms with Crippen LogP contribution in [-0.4, -0.2) is 23.6 Å². The van der Waals surface area contributed by atoms with Crippen LogP contribution in [0.15, 0.2) is 35.5 Å². The molecule has 0 aliphatic rings. The lowest BCUT2D eigenvalue weighted by atomic mass is 10.2. The average molecular weight is 277 g/mol. The number of H-pyrrole nitrogens is 1. The predicted octanol–water partition coefficient (Wildman–Crippen LogP) is 0.716. The summed E-state index contributed by atoms with van der Waals surface area (Å²) in [5.74, 6) is 0.401. The average Bonchev–Trinajstić information content (AvgIpc) is 2.92. The molecule has 0 spiro atoms. The zero-order valence-electron chi connectivity index (χ0n) is 10.0. The lowest BCUT2D eigenvalue weighted by Gasteiger charge is -2.12. The number of hydrogen-bond donors (Lipinski definition) is 2. The van der Waals surface area contributed by atoms with Crippen molar-refractivity contribution in [1.82, 2.24) is 19.9 Å². The summed E-state index contributed by atoms with van der Waals surface area (Å²) >= 11 is 0. The van der Waals surface area contributed by atoms with E-state index in [4.69, 9.17) is 5.26 Å². The summed E-state index contributed by atoms with van der Waals surface area (Å²) in [7, 11) is -3.79. The van der Waals surface area contributed by atoms with Gasteiger partial charge >= 0.3 is 0 Å². The molecule has 2 aromatic rings. The highest BCUT2D eigenvalue weighted by Crippen LogP contribution is 2.17. The maximum atomic E-state index is 12.2. The Balaban J connectivity index is 2.31. The fraction of sp³-hybridized carbons (Fsp3) is 0.182. The van der Waals surface area contributed by atoms with Crippen molar-refractivity contribution < 1.29 is 8.42 Å². The normalized spacial score (nSPS) is 12.8. The quantitative estimate of drug-likeness (QED) is 0.855. The summed E-state index contributed by atoms with van der Waals surface area (Å²) in [6.45, 7) is 1.63. The van der Waals surface area contributed by atoms with E-state index in [1.165, 1.54) is 18.5 Å². The lowest BCUT2D eigenvalue weighted by Crippen LogP contribution is -2.28. The fourth-order valence-corrected chi connectivity index (χ4v) is 2.93. The SMILES string of the molecule is CC(NS(=O)(=O)c1ccccc1C#N)c1ncn[nH]1. The highest BCUT2D eigenvalue weighted by molar-refractivity contribution is 7.89. The molecule has 7 nitrogen and oxygen atoms in total. The molecule has 19 heavy (non-hydrogen) atoms. The van der Waals surface area contributed by atoms with Crippen LogP contribution in [-0.2, 0) is 10.0 Å². The molecule has 98 valence electrons. The number of aromatic nitrogens is 3. The Bertz CT molecular complexity index is 703. The van der Waals surface area contributed by atoms with Gasteiger partial charge in [-0.15, -0.1) is 0 Å². The molecule has 0 radical (unpaired) electrons. The number of sulfonamides is 1. The number of nitrogens with zero attached hydrogens (tertiary/aromatic N) is 3. The van der Waals surface area contributed by atoms with Crippen LogP contribution in [0.4, 0.5) is 0 Å². The first-order chi connectivity index (χ1) is 9.04. The van der Waals surface area contributed by atoms with E-state index in [1.807, 2.05) is 6.07 Å². The number of aromatic amines is 1. The Labute approximate surface area is 110 Å². The van der Waals surface area contributed by atoms with Crippen LogP contribution in [0.2, 0.25) is 0 Å². The van der Waals surface area contributed by atoms with E-state index in [1.54, 1.807) is 19.1 Å². The molecule has 0 saturated carbocycles. The Morgan fingerprint density at radius 2 is 2.16 bits per heavy atom. The molecule has 2 N–H and O–H groups in total. The molecule has 0 fully saturated rings. The molecule has 8 heteroatoms. The fourth-order valence-electron chi connectivity index (χ4n) is 1.57. The molecule has 0 saturated heterocycles. The third-order valence-electron chi connectivity index (χ3n) is 2.47. The van der Waals surface area contributed by atoms with Gasteiger partial charge in [-0.3, -0.25) is 5.10 Å². The Kier molecular flexibility index (Phi) is 3.59. The Hall–Kier alpha value is -2.24. The van der Waals surface area contributed by atoms with Crippen LogP contribution in [0.25, 0.3) is 0 Å². The van der Waals surface area contributed by atoms with E-state index in [-0.39, 0.29) is 10.5 Å². The molecular formula is C11H11N5O2S. The van der Waals surface area contributed by atoms with Gasteiger partial charge in [0.1, 0.15) is 18.2 Å². The molecule has 1 heterocycles. The van der Waals surface area contributed by atoms with Crippen molar-refractivity contribution in [2.24, 2.45) is 0 Å². The largest absolute Gasteiger partial charge is 0.262 e. The number of rotatable bonds is 4. The molecular weight excluding hydrogens is 266 g/mol. The van der Waals surface area contributed by atoms with Gasteiger partial charge in [0.25, 0.3) is 0 Å². The van der Waals surface area contributed by atoms with Crippen LogP contribution in [0.1, 0.15) is 24.4 Å². The van der Waals surface area contributed by atoms with Gasteiger partial charge in [0.2, 0.25) is 10.0 Å². The minimum atomic E-state index is -3.79. The predicted molar refractivity (Wildman–Crippen MR) is 66.3 cm³/mol. The second-order valence-corrected chi connectivity index (χ2v) is 5.50. The Morgan fingerprint density at radius 1 is 1.42 bits per heavy atom.